The van der Waals surface area contributed by atoms with E-state index in [-0.39, 0.29) is 11.7 Å². The molecule has 1 saturated carbocycles. The maximum absolute atomic E-state index is 12.2. The number of esters is 1. The molecule has 1 aliphatic rings. The van der Waals surface area contributed by atoms with Crippen LogP contribution in [0.3, 0.4) is 0 Å². The predicted molar refractivity (Wildman–Crippen MR) is 106 cm³/mol. The van der Waals surface area contributed by atoms with Gasteiger partial charge in [-0.25, -0.2) is 4.79 Å². The molecule has 1 fully saturated rings. The molecule has 3 rings (SSSR count). The van der Waals surface area contributed by atoms with E-state index in [1.165, 1.54) is 62.3 Å². The van der Waals surface area contributed by atoms with Crippen LogP contribution in [-0.4, -0.2) is 39.5 Å². The minimum absolute atomic E-state index is 0.190. The molecule has 146 valence electrons. The van der Waals surface area contributed by atoms with Gasteiger partial charge in [0.15, 0.2) is 5.16 Å². The van der Waals surface area contributed by atoms with Gasteiger partial charge in [-0.15, -0.1) is 21.5 Å². The van der Waals surface area contributed by atoms with Gasteiger partial charge in [-0.1, -0.05) is 43.9 Å². The Morgan fingerprint density at radius 1 is 1.33 bits per heavy atom. The van der Waals surface area contributed by atoms with Gasteiger partial charge in [-0.3, -0.25) is 4.79 Å². The zero-order valence-electron chi connectivity index (χ0n) is 15.6. The molecule has 0 radical (unpaired) electrons. The van der Waals surface area contributed by atoms with Gasteiger partial charge in [-0.05, 0) is 17.4 Å². The minimum atomic E-state index is -0.458. The fourth-order valence-electron chi connectivity index (χ4n) is 3.27. The van der Waals surface area contributed by atoms with Crippen LogP contribution in [0.4, 0.5) is 5.00 Å². The largest absolute Gasteiger partial charge is 0.465 e. The first kappa shape index (κ1) is 19.9. The number of hydrogen-bond acceptors (Lipinski definition) is 7. The smallest absolute Gasteiger partial charge is 0.340 e. The molecule has 9 heteroatoms. The molecular weight excluding hydrogens is 384 g/mol. The van der Waals surface area contributed by atoms with Crippen molar-refractivity contribution >= 4 is 40.0 Å². The van der Waals surface area contributed by atoms with Gasteiger partial charge in [0.25, 0.3) is 0 Å². The zero-order valence-corrected chi connectivity index (χ0v) is 17.2. The van der Waals surface area contributed by atoms with Crippen LogP contribution in [0, 0.1) is 5.92 Å². The fourth-order valence-corrected chi connectivity index (χ4v) is 4.79. The number of methoxy groups -OCH3 is 1. The molecule has 27 heavy (non-hydrogen) atoms. The monoisotopic (exact) mass is 408 g/mol. The highest BCUT2D eigenvalue weighted by molar-refractivity contribution is 7.99. The van der Waals surface area contributed by atoms with E-state index in [0.717, 1.165) is 17.4 Å². The predicted octanol–water partition coefficient (Wildman–Crippen LogP) is 3.52. The molecule has 0 aromatic carbocycles. The number of ether oxygens (including phenoxy) is 1. The molecule has 2 aromatic heterocycles. The molecule has 0 unspecified atom stereocenters. The van der Waals surface area contributed by atoms with Crippen LogP contribution in [0.1, 0.15) is 48.3 Å². The third-order valence-corrected chi connectivity index (χ3v) is 6.63. The Balaban J connectivity index is 1.53. The SMILES string of the molecule is COC(=O)c1ccsc1NC(=O)CSc1nnc(CC2CCCCC2)n1C. The number of thiophene rings is 1. The Kier molecular flexibility index (Phi) is 6.89. The van der Waals surface area contributed by atoms with Gasteiger partial charge in [0.05, 0.1) is 18.4 Å². The molecule has 1 N–H and O–H groups in total. The van der Waals surface area contributed by atoms with Crippen molar-refractivity contribution in [1.82, 2.24) is 14.8 Å². The van der Waals surface area contributed by atoms with E-state index in [0.29, 0.717) is 16.5 Å². The summed E-state index contributed by atoms with van der Waals surface area (Å²) >= 11 is 2.64. The van der Waals surface area contributed by atoms with E-state index in [1.807, 2.05) is 11.6 Å². The highest BCUT2D eigenvalue weighted by Gasteiger charge is 2.19. The molecule has 2 heterocycles. The van der Waals surface area contributed by atoms with Gasteiger partial charge in [0.1, 0.15) is 10.8 Å². The highest BCUT2D eigenvalue weighted by Crippen LogP contribution is 2.28. The first-order valence-corrected chi connectivity index (χ1v) is 10.9. The summed E-state index contributed by atoms with van der Waals surface area (Å²) in [5.74, 6) is 1.23. The van der Waals surface area contributed by atoms with Gasteiger partial charge in [0, 0.05) is 13.5 Å². The van der Waals surface area contributed by atoms with Crippen LogP contribution in [0.2, 0.25) is 0 Å². The lowest BCUT2D eigenvalue weighted by Crippen LogP contribution is -2.16. The second-order valence-corrected chi connectivity index (χ2v) is 8.52. The maximum Gasteiger partial charge on any atom is 0.340 e. The lowest BCUT2D eigenvalue weighted by molar-refractivity contribution is -0.113. The van der Waals surface area contributed by atoms with Crippen molar-refractivity contribution in [2.75, 3.05) is 18.2 Å². The number of hydrogen-bond donors (Lipinski definition) is 1. The van der Waals surface area contributed by atoms with Gasteiger partial charge >= 0.3 is 5.97 Å². The van der Waals surface area contributed by atoms with Crippen LogP contribution in [0.25, 0.3) is 0 Å². The summed E-state index contributed by atoms with van der Waals surface area (Å²) in [6.45, 7) is 0. The topological polar surface area (TPSA) is 86.1 Å². The van der Waals surface area contributed by atoms with E-state index in [2.05, 4.69) is 15.5 Å². The summed E-state index contributed by atoms with van der Waals surface area (Å²) < 4.78 is 6.70. The summed E-state index contributed by atoms with van der Waals surface area (Å²) in [5.41, 5.74) is 0.370. The quantitative estimate of drug-likeness (QED) is 0.557. The molecular formula is C18H24N4O3S2. The average Bonchev–Trinajstić information content (AvgIpc) is 3.27. The van der Waals surface area contributed by atoms with Crippen molar-refractivity contribution in [3.05, 3.63) is 22.8 Å². The molecule has 2 aromatic rings. The second-order valence-electron chi connectivity index (χ2n) is 6.66. The number of thioether (sulfide) groups is 1. The lowest BCUT2D eigenvalue weighted by atomic mass is 9.87. The van der Waals surface area contributed by atoms with Crippen molar-refractivity contribution in [3.63, 3.8) is 0 Å². The van der Waals surface area contributed by atoms with E-state index >= 15 is 0 Å². The van der Waals surface area contributed by atoms with Crippen molar-refractivity contribution in [2.24, 2.45) is 13.0 Å². The number of nitrogens with one attached hydrogen (secondary N) is 1. The molecule has 0 atom stereocenters. The maximum atomic E-state index is 12.2. The minimum Gasteiger partial charge on any atom is -0.465 e. The van der Waals surface area contributed by atoms with Crippen molar-refractivity contribution < 1.29 is 14.3 Å². The van der Waals surface area contributed by atoms with Crippen LogP contribution < -0.4 is 5.32 Å². The first-order valence-electron chi connectivity index (χ1n) is 9.05. The molecule has 1 amide bonds. The zero-order chi connectivity index (χ0) is 19.2. The number of carbonyl (C=O) groups excluding carboxylic acids is 2. The highest BCUT2D eigenvalue weighted by atomic mass is 32.2. The molecule has 1 aliphatic carbocycles. The van der Waals surface area contributed by atoms with Crippen LogP contribution in [-0.2, 0) is 23.0 Å². The Morgan fingerprint density at radius 2 is 2.11 bits per heavy atom. The number of nitrogens with zero attached hydrogens (tertiary/aromatic N) is 3. The number of rotatable bonds is 7. The molecule has 7 nitrogen and oxygen atoms in total. The Bertz CT molecular complexity index is 796. The summed E-state index contributed by atoms with van der Waals surface area (Å²) in [5, 5.41) is 14.3. The van der Waals surface area contributed by atoms with Crippen LogP contribution >= 0.6 is 23.1 Å². The third-order valence-electron chi connectivity index (χ3n) is 4.78. The van der Waals surface area contributed by atoms with Crippen molar-refractivity contribution in [2.45, 2.75) is 43.7 Å². The summed E-state index contributed by atoms with van der Waals surface area (Å²) in [7, 11) is 3.27. The Labute approximate surface area is 166 Å². The lowest BCUT2D eigenvalue weighted by Gasteiger charge is -2.20. The molecule has 0 saturated heterocycles. The van der Waals surface area contributed by atoms with Crippen LogP contribution in [0.15, 0.2) is 16.6 Å². The normalized spacial score (nSPS) is 14.9. The number of amides is 1. The standard InChI is InChI=1S/C18H24N4O3S2/c1-22-14(10-12-6-4-3-5-7-12)20-21-18(22)27-11-15(23)19-16-13(8-9-26-16)17(24)25-2/h8-9,12H,3-7,10-11H2,1-2H3,(H,19,23). The van der Waals surface area contributed by atoms with E-state index < -0.39 is 5.97 Å². The number of anilines is 1. The van der Waals surface area contributed by atoms with E-state index in [4.69, 9.17) is 4.74 Å². The third kappa shape index (κ3) is 5.10. The summed E-state index contributed by atoms with van der Waals surface area (Å²) in [4.78, 5) is 23.9. The number of aromatic nitrogens is 3. The fraction of sp³-hybridized carbons (Fsp3) is 0.556. The summed E-state index contributed by atoms with van der Waals surface area (Å²) in [6.07, 6.45) is 7.44. The summed E-state index contributed by atoms with van der Waals surface area (Å²) in [6, 6.07) is 1.64. The average molecular weight is 409 g/mol. The molecule has 0 aliphatic heterocycles. The van der Waals surface area contributed by atoms with Gasteiger partial charge in [0.2, 0.25) is 5.91 Å². The van der Waals surface area contributed by atoms with Gasteiger partial charge in [-0.2, -0.15) is 0 Å². The van der Waals surface area contributed by atoms with E-state index in [9.17, 15) is 9.59 Å². The van der Waals surface area contributed by atoms with Crippen molar-refractivity contribution in [1.29, 1.82) is 0 Å². The van der Waals surface area contributed by atoms with E-state index in [1.54, 1.807) is 11.4 Å². The van der Waals surface area contributed by atoms with Crippen molar-refractivity contribution in [3.8, 4) is 0 Å². The Morgan fingerprint density at radius 3 is 2.85 bits per heavy atom. The second kappa shape index (κ2) is 9.36. The number of carbonyl (C=O) groups is 2. The molecule has 0 bridgehead atoms. The first-order chi connectivity index (χ1) is 13.1. The van der Waals surface area contributed by atoms with Gasteiger partial charge < -0.3 is 14.6 Å². The molecule has 0 spiro atoms. The van der Waals surface area contributed by atoms with Crippen LogP contribution in [0.5, 0.6) is 0 Å². The Hall–Kier alpha value is -1.87.